The van der Waals surface area contributed by atoms with E-state index in [4.69, 9.17) is 5.11 Å². The highest BCUT2D eigenvalue weighted by molar-refractivity contribution is 5.82. The third-order valence-corrected chi connectivity index (χ3v) is 2.41. The number of carbonyl (C=O) groups is 2. The van der Waals surface area contributed by atoms with E-state index >= 15 is 0 Å². The van der Waals surface area contributed by atoms with Crippen molar-refractivity contribution >= 4 is 12.0 Å². The second-order valence-corrected chi connectivity index (χ2v) is 4.05. The summed E-state index contributed by atoms with van der Waals surface area (Å²) in [7, 11) is 0. The lowest BCUT2D eigenvalue weighted by Crippen LogP contribution is -2.49. The lowest BCUT2D eigenvalue weighted by Gasteiger charge is -2.17. The summed E-state index contributed by atoms with van der Waals surface area (Å²) >= 11 is 0. The molecule has 0 bridgehead atoms. The van der Waals surface area contributed by atoms with E-state index < -0.39 is 18.0 Å². The fourth-order valence-electron chi connectivity index (χ4n) is 1.50. The standard InChI is InChI=1S/C11H18N4O3/c1-3-9(10(16)17)14-11(18)13-8(2)7-15-6-4-5-12-15/h4-6,8-9H,3,7H2,1-2H3,(H,16,17)(H2,13,14,18)/t8?,9-/m0/s1. The molecule has 1 heterocycles. The van der Waals surface area contributed by atoms with Gasteiger partial charge in [-0.2, -0.15) is 5.10 Å². The number of aliphatic carboxylic acids is 1. The van der Waals surface area contributed by atoms with Crippen LogP contribution in [0.5, 0.6) is 0 Å². The van der Waals surface area contributed by atoms with Crippen molar-refractivity contribution in [2.45, 2.75) is 38.9 Å². The minimum absolute atomic E-state index is 0.142. The van der Waals surface area contributed by atoms with E-state index in [1.54, 1.807) is 30.1 Å². The van der Waals surface area contributed by atoms with Gasteiger partial charge in [0.2, 0.25) is 0 Å². The van der Waals surface area contributed by atoms with Crippen molar-refractivity contribution in [3.8, 4) is 0 Å². The van der Waals surface area contributed by atoms with Gasteiger partial charge in [-0.15, -0.1) is 0 Å². The first kappa shape index (κ1) is 14.0. The molecule has 0 radical (unpaired) electrons. The van der Waals surface area contributed by atoms with E-state index in [0.29, 0.717) is 13.0 Å². The van der Waals surface area contributed by atoms with Gasteiger partial charge in [-0.05, 0) is 19.4 Å². The average Bonchev–Trinajstić information content (AvgIpc) is 2.77. The van der Waals surface area contributed by atoms with Crippen molar-refractivity contribution in [3.63, 3.8) is 0 Å². The highest BCUT2D eigenvalue weighted by Gasteiger charge is 2.18. The molecule has 0 saturated carbocycles. The molecule has 7 nitrogen and oxygen atoms in total. The number of rotatable bonds is 6. The van der Waals surface area contributed by atoms with Gasteiger partial charge in [-0.3, -0.25) is 4.68 Å². The smallest absolute Gasteiger partial charge is 0.326 e. The number of nitrogens with zero attached hydrogens (tertiary/aromatic N) is 2. The van der Waals surface area contributed by atoms with Crippen LogP contribution in [0.3, 0.4) is 0 Å². The van der Waals surface area contributed by atoms with Gasteiger partial charge in [0.25, 0.3) is 0 Å². The molecule has 1 unspecified atom stereocenters. The normalized spacial score (nSPS) is 13.7. The Morgan fingerprint density at radius 1 is 1.44 bits per heavy atom. The summed E-state index contributed by atoms with van der Waals surface area (Å²) in [6, 6.07) is 0.312. The molecule has 0 aromatic carbocycles. The second-order valence-electron chi connectivity index (χ2n) is 4.05. The molecule has 0 aliphatic rings. The van der Waals surface area contributed by atoms with Gasteiger partial charge in [-0.25, -0.2) is 9.59 Å². The second kappa shape index (κ2) is 6.63. The number of carbonyl (C=O) groups excluding carboxylic acids is 1. The number of aromatic nitrogens is 2. The molecule has 0 spiro atoms. The molecule has 1 rings (SSSR count). The zero-order valence-corrected chi connectivity index (χ0v) is 10.5. The fourth-order valence-corrected chi connectivity index (χ4v) is 1.50. The number of urea groups is 1. The van der Waals surface area contributed by atoms with E-state index in [9.17, 15) is 9.59 Å². The van der Waals surface area contributed by atoms with Crippen molar-refractivity contribution < 1.29 is 14.7 Å². The summed E-state index contributed by atoms with van der Waals surface area (Å²) in [5.74, 6) is -1.03. The number of hydrogen-bond acceptors (Lipinski definition) is 3. The van der Waals surface area contributed by atoms with Crippen LogP contribution >= 0.6 is 0 Å². The molecule has 7 heteroatoms. The molecule has 0 aliphatic heterocycles. The molecule has 3 N–H and O–H groups in total. The van der Waals surface area contributed by atoms with Gasteiger partial charge in [0, 0.05) is 18.4 Å². The molecule has 100 valence electrons. The van der Waals surface area contributed by atoms with Crippen LogP contribution in [0.1, 0.15) is 20.3 Å². The quantitative estimate of drug-likeness (QED) is 0.686. The Labute approximate surface area is 105 Å². The van der Waals surface area contributed by atoms with E-state index in [0.717, 1.165) is 0 Å². The van der Waals surface area contributed by atoms with Gasteiger partial charge in [-0.1, -0.05) is 6.92 Å². The predicted octanol–water partition coefficient (Wildman–Crippen LogP) is 0.434. The van der Waals surface area contributed by atoms with Crippen LogP contribution in [0.15, 0.2) is 18.5 Å². The summed E-state index contributed by atoms with van der Waals surface area (Å²) in [4.78, 5) is 22.3. The monoisotopic (exact) mass is 254 g/mol. The van der Waals surface area contributed by atoms with Crippen molar-refractivity contribution in [1.29, 1.82) is 0 Å². The summed E-state index contributed by atoms with van der Waals surface area (Å²) in [5, 5.41) is 17.9. The summed E-state index contributed by atoms with van der Waals surface area (Å²) in [6.45, 7) is 4.06. The summed E-state index contributed by atoms with van der Waals surface area (Å²) in [5.41, 5.74) is 0. The minimum Gasteiger partial charge on any atom is -0.480 e. The van der Waals surface area contributed by atoms with Crippen molar-refractivity contribution in [2.75, 3.05) is 0 Å². The van der Waals surface area contributed by atoms with Gasteiger partial charge < -0.3 is 15.7 Å². The average molecular weight is 254 g/mol. The molecule has 18 heavy (non-hydrogen) atoms. The third kappa shape index (κ3) is 4.44. The van der Waals surface area contributed by atoms with Crippen LogP contribution in [-0.2, 0) is 11.3 Å². The SMILES string of the molecule is CC[C@H](NC(=O)NC(C)Cn1cccn1)C(=O)O. The molecule has 0 saturated heterocycles. The van der Waals surface area contributed by atoms with Gasteiger partial charge in [0.15, 0.2) is 0 Å². The van der Waals surface area contributed by atoms with Gasteiger partial charge in [0.05, 0.1) is 6.54 Å². The number of carboxylic acids is 1. The Balaban J connectivity index is 2.37. The largest absolute Gasteiger partial charge is 0.480 e. The zero-order valence-electron chi connectivity index (χ0n) is 10.5. The van der Waals surface area contributed by atoms with Crippen molar-refractivity contribution in [2.24, 2.45) is 0 Å². The molecule has 1 aromatic heterocycles. The highest BCUT2D eigenvalue weighted by Crippen LogP contribution is 1.93. The van der Waals surface area contributed by atoms with Crippen molar-refractivity contribution in [3.05, 3.63) is 18.5 Å². The zero-order chi connectivity index (χ0) is 13.5. The first-order chi connectivity index (χ1) is 8.52. The van der Waals surface area contributed by atoms with Crippen LogP contribution in [0, 0.1) is 0 Å². The van der Waals surface area contributed by atoms with E-state index in [1.165, 1.54) is 0 Å². The van der Waals surface area contributed by atoms with Gasteiger partial charge >= 0.3 is 12.0 Å². The maximum absolute atomic E-state index is 11.5. The van der Waals surface area contributed by atoms with E-state index in [1.807, 2.05) is 6.92 Å². The number of nitrogens with one attached hydrogen (secondary N) is 2. The Kier molecular flexibility index (Phi) is 5.16. The Morgan fingerprint density at radius 2 is 2.17 bits per heavy atom. The van der Waals surface area contributed by atoms with Crippen LogP contribution in [0.25, 0.3) is 0 Å². The Morgan fingerprint density at radius 3 is 2.67 bits per heavy atom. The molecule has 1 aromatic rings. The lowest BCUT2D eigenvalue weighted by molar-refractivity contribution is -0.139. The van der Waals surface area contributed by atoms with Crippen LogP contribution in [-0.4, -0.2) is 39.0 Å². The number of amides is 2. The van der Waals surface area contributed by atoms with E-state index in [2.05, 4.69) is 15.7 Å². The molecule has 0 aliphatic carbocycles. The van der Waals surface area contributed by atoms with E-state index in [-0.39, 0.29) is 6.04 Å². The Bertz CT molecular complexity index is 391. The maximum Gasteiger partial charge on any atom is 0.326 e. The Hall–Kier alpha value is -2.05. The maximum atomic E-state index is 11.5. The van der Waals surface area contributed by atoms with Crippen LogP contribution < -0.4 is 10.6 Å². The summed E-state index contributed by atoms with van der Waals surface area (Å²) < 4.78 is 1.69. The molecule has 2 amide bonds. The highest BCUT2D eigenvalue weighted by atomic mass is 16.4. The third-order valence-electron chi connectivity index (χ3n) is 2.41. The van der Waals surface area contributed by atoms with Crippen molar-refractivity contribution in [1.82, 2.24) is 20.4 Å². The first-order valence-corrected chi connectivity index (χ1v) is 5.80. The van der Waals surface area contributed by atoms with Crippen LogP contribution in [0.2, 0.25) is 0 Å². The minimum atomic E-state index is -1.03. The molecule has 0 fully saturated rings. The van der Waals surface area contributed by atoms with Crippen LogP contribution in [0.4, 0.5) is 4.79 Å². The molecular formula is C11H18N4O3. The lowest BCUT2D eigenvalue weighted by atomic mass is 10.2. The molecule has 2 atom stereocenters. The number of hydrogen-bond donors (Lipinski definition) is 3. The fraction of sp³-hybridized carbons (Fsp3) is 0.545. The molecular weight excluding hydrogens is 236 g/mol. The topological polar surface area (TPSA) is 96.3 Å². The first-order valence-electron chi connectivity index (χ1n) is 5.80. The number of carboxylic acid groups (broad SMARTS) is 1. The van der Waals surface area contributed by atoms with Gasteiger partial charge in [0.1, 0.15) is 6.04 Å². The predicted molar refractivity (Wildman–Crippen MR) is 65.1 cm³/mol. The summed E-state index contributed by atoms with van der Waals surface area (Å²) in [6.07, 6.45) is 3.79.